The number of para-hydroxylation sites is 1. The quantitative estimate of drug-likeness (QED) is 0.748. The maximum absolute atomic E-state index is 11.7. The molecule has 1 aliphatic carbocycles. The predicted octanol–water partition coefficient (Wildman–Crippen LogP) is 1.97. The molecule has 0 aliphatic heterocycles. The molecule has 92 valence electrons. The molecule has 0 radical (unpaired) electrons. The largest absolute Gasteiger partial charge is 0.396 e. The molecular formula is C13H18N2O2. The third kappa shape index (κ3) is 3.20. The molecule has 2 amide bonds. The zero-order valence-corrected chi connectivity index (χ0v) is 9.73. The van der Waals surface area contributed by atoms with Crippen LogP contribution >= 0.6 is 0 Å². The molecule has 1 saturated carbocycles. The van der Waals surface area contributed by atoms with Crippen LogP contribution in [0.15, 0.2) is 30.3 Å². The molecule has 2 atom stereocenters. The number of carbonyl (C=O) groups is 1. The van der Waals surface area contributed by atoms with E-state index < -0.39 is 0 Å². The van der Waals surface area contributed by atoms with E-state index in [-0.39, 0.29) is 24.6 Å². The number of nitrogens with one attached hydrogen (secondary N) is 2. The Morgan fingerprint density at radius 2 is 2.06 bits per heavy atom. The number of benzene rings is 1. The molecule has 0 heterocycles. The predicted molar refractivity (Wildman–Crippen MR) is 66.8 cm³/mol. The van der Waals surface area contributed by atoms with Crippen molar-refractivity contribution >= 4 is 11.7 Å². The summed E-state index contributed by atoms with van der Waals surface area (Å²) in [5.41, 5.74) is 0.781. The van der Waals surface area contributed by atoms with E-state index in [0.717, 1.165) is 24.9 Å². The summed E-state index contributed by atoms with van der Waals surface area (Å²) in [7, 11) is 0. The van der Waals surface area contributed by atoms with Gasteiger partial charge < -0.3 is 15.7 Å². The fourth-order valence-corrected chi connectivity index (χ4v) is 2.30. The van der Waals surface area contributed by atoms with Crippen LogP contribution < -0.4 is 10.6 Å². The Bertz CT molecular complexity index is 367. The van der Waals surface area contributed by atoms with Crippen molar-refractivity contribution in [3.05, 3.63) is 30.3 Å². The van der Waals surface area contributed by atoms with Gasteiger partial charge in [0.15, 0.2) is 0 Å². The van der Waals surface area contributed by atoms with Crippen molar-refractivity contribution in [3.63, 3.8) is 0 Å². The molecule has 0 saturated heterocycles. The van der Waals surface area contributed by atoms with E-state index in [4.69, 9.17) is 5.11 Å². The summed E-state index contributed by atoms with van der Waals surface area (Å²) in [6, 6.07) is 9.26. The van der Waals surface area contributed by atoms with Crippen molar-refractivity contribution in [2.75, 3.05) is 11.9 Å². The van der Waals surface area contributed by atoms with E-state index in [9.17, 15) is 4.79 Å². The standard InChI is InChI=1S/C13H18N2O2/c16-9-10-5-4-8-12(10)15-13(17)14-11-6-2-1-3-7-11/h1-3,6-7,10,12,16H,4-5,8-9H2,(H2,14,15,17). The number of amides is 2. The van der Waals surface area contributed by atoms with E-state index in [2.05, 4.69) is 10.6 Å². The zero-order valence-electron chi connectivity index (χ0n) is 9.73. The maximum Gasteiger partial charge on any atom is 0.319 e. The number of anilines is 1. The van der Waals surface area contributed by atoms with Gasteiger partial charge in [-0.1, -0.05) is 24.6 Å². The van der Waals surface area contributed by atoms with Crippen LogP contribution in [0.5, 0.6) is 0 Å². The van der Waals surface area contributed by atoms with Crippen LogP contribution in [-0.2, 0) is 0 Å². The smallest absolute Gasteiger partial charge is 0.319 e. The van der Waals surface area contributed by atoms with E-state index in [0.29, 0.717) is 0 Å². The highest BCUT2D eigenvalue weighted by Crippen LogP contribution is 2.25. The lowest BCUT2D eigenvalue weighted by molar-refractivity contribution is 0.203. The third-order valence-corrected chi connectivity index (χ3v) is 3.24. The number of aliphatic hydroxyl groups excluding tert-OH is 1. The van der Waals surface area contributed by atoms with E-state index in [1.54, 1.807) is 0 Å². The average molecular weight is 234 g/mol. The van der Waals surface area contributed by atoms with Crippen molar-refractivity contribution in [3.8, 4) is 0 Å². The number of carbonyl (C=O) groups excluding carboxylic acids is 1. The lowest BCUT2D eigenvalue weighted by atomic mass is 10.1. The maximum atomic E-state index is 11.7. The summed E-state index contributed by atoms with van der Waals surface area (Å²) in [5.74, 6) is 0.205. The first-order chi connectivity index (χ1) is 8.29. The molecule has 3 N–H and O–H groups in total. The summed E-state index contributed by atoms with van der Waals surface area (Å²) in [6.07, 6.45) is 3.02. The van der Waals surface area contributed by atoms with Gasteiger partial charge in [0.2, 0.25) is 0 Å². The highest BCUT2D eigenvalue weighted by molar-refractivity contribution is 5.89. The van der Waals surface area contributed by atoms with Gasteiger partial charge in [-0.25, -0.2) is 4.79 Å². The molecular weight excluding hydrogens is 216 g/mol. The molecule has 4 nitrogen and oxygen atoms in total. The van der Waals surface area contributed by atoms with Crippen LogP contribution in [0.25, 0.3) is 0 Å². The van der Waals surface area contributed by atoms with Crippen molar-refractivity contribution < 1.29 is 9.90 Å². The summed E-state index contributed by atoms with van der Waals surface area (Å²) >= 11 is 0. The molecule has 1 aromatic carbocycles. The van der Waals surface area contributed by atoms with Crippen molar-refractivity contribution in [2.24, 2.45) is 5.92 Å². The van der Waals surface area contributed by atoms with Gasteiger partial charge in [0.25, 0.3) is 0 Å². The molecule has 0 aromatic heterocycles. The van der Waals surface area contributed by atoms with Crippen molar-refractivity contribution in [2.45, 2.75) is 25.3 Å². The Morgan fingerprint density at radius 1 is 1.29 bits per heavy atom. The summed E-state index contributed by atoms with van der Waals surface area (Å²) in [4.78, 5) is 11.7. The molecule has 1 aliphatic rings. The highest BCUT2D eigenvalue weighted by atomic mass is 16.3. The van der Waals surface area contributed by atoms with Crippen LogP contribution in [0, 0.1) is 5.92 Å². The minimum atomic E-state index is -0.193. The molecule has 0 bridgehead atoms. The van der Waals surface area contributed by atoms with Gasteiger partial charge in [-0.2, -0.15) is 0 Å². The second kappa shape index (κ2) is 5.68. The molecule has 1 aromatic rings. The molecule has 2 unspecified atom stereocenters. The van der Waals surface area contributed by atoms with Crippen molar-refractivity contribution in [1.82, 2.24) is 5.32 Å². The molecule has 2 rings (SSSR count). The Labute approximate surface area is 101 Å². The summed E-state index contributed by atoms with van der Waals surface area (Å²) in [6.45, 7) is 0.149. The van der Waals surface area contributed by atoms with Gasteiger partial charge in [0, 0.05) is 24.3 Å². The number of urea groups is 1. The number of aliphatic hydroxyl groups is 1. The lowest BCUT2D eigenvalue weighted by Crippen LogP contribution is -2.41. The van der Waals surface area contributed by atoms with Gasteiger partial charge in [-0.3, -0.25) is 0 Å². The van der Waals surface area contributed by atoms with Gasteiger partial charge >= 0.3 is 6.03 Å². The Balaban J connectivity index is 1.85. The minimum absolute atomic E-state index is 0.101. The number of rotatable bonds is 3. The van der Waals surface area contributed by atoms with Gasteiger partial charge in [-0.05, 0) is 25.0 Å². The first-order valence-corrected chi connectivity index (χ1v) is 6.03. The van der Waals surface area contributed by atoms with Gasteiger partial charge in [0.05, 0.1) is 0 Å². The minimum Gasteiger partial charge on any atom is -0.396 e. The SMILES string of the molecule is O=C(Nc1ccccc1)NC1CCCC1CO. The highest BCUT2D eigenvalue weighted by Gasteiger charge is 2.27. The van der Waals surface area contributed by atoms with E-state index in [1.807, 2.05) is 30.3 Å². The van der Waals surface area contributed by atoms with E-state index in [1.165, 1.54) is 0 Å². The molecule has 0 spiro atoms. The van der Waals surface area contributed by atoms with Gasteiger partial charge in [0.1, 0.15) is 0 Å². The van der Waals surface area contributed by atoms with E-state index >= 15 is 0 Å². The van der Waals surface area contributed by atoms with Crippen LogP contribution in [0.4, 0.5) is 10.5 Å². The summed E-state index contributed by atoms with van der Waals surface area (Å²) < 4.78 is 0. The first-order valence-electron chi connectivity index (χ1n) is 6.03. The monoisotopic (exact) mass is 234 g/mol. The molecule has 1 fully saturated rings. The van der Waals surface area contributed by atoms with Crippen LogP contribution in [0.3, 0.4) is 0 Å². The zero-order chi connectivity index (χ0) is 12.1. The van der Waals surface area contributed by atoms with Crippen molar-refractivity contribution in [1.29, 1.82) is 0 Å². The fourth-order valence-electron chi connectivity index (χ4n) is 2.30. The number of hydrogen-bond acceptors (Lipinski definition) is 2. The average Bonchev–Trinajstić information content (AvgIpc) is 2.77. The number of hydrogen-bond donors (Lipinski definition) is 3. The normalized spacial score (nSPS) is 23.4. The second-order valence-electron chi connectivity index (χ2n) is 4.44. The van der Waals surface area contributed by atoms with Crippen LogP contribution in [-0.4, -0.2) is 23.8 Å². The topological polar surface area (TPSA) is 61.4 Å². The second-order valence-corrected chi connectivity index (χ2v) is 4.44. The fraction of sp³-hybridized carbons (Fsp3) is 0.462. The Morgan fingerprint density at radius 3 is 2.76 bits per heavy atom. The van der Waals surface area contributed by atoms with Crippen LogP contribution in [0.2, 0.25) is 0 Å². The molecule has 4 heteroatoms. The molecule has 17 heavy (non-hydrogen) atoms. The summed E-state index contributed by atoms with van der Waals surface area (Å²) in [5, 5.41) is 14.9. The third-order valence-electron chi connectivity index (χ3n) is 3.24. The van der Waals surface area contributed by atoms with Gasteiger partial charge in [-0.15, -0.1) is 0 Å². The Hall–Kier alpha value is -1.55. The lowest BCUT2D eigenvalue weighted by Gasteiger charge is -2.19. The van der Waals surface area contributed by atoms with Crippen LogP contribution in [0.1, 0.15) is 19.3 Å². The first kappa shape index (κ1) is 11.9. The Kier molecular flexibility index (Phi) is 3.98.